The first-order valence-electron chi connectivity index (χ1n) is 7.38. The molecule has 2 N–H and O–H groups in total. The van der Waals surface area contributed by atoms with Crippen molar-refractivity contribution in [1.82, 2.24) is 5.32 Å². The van der Waals surface area contributed by atoms with Crippen LogP contribution in [0.25, 0.3) is 0 Å². The van der Waals surface area contributed by atoms with Gasteiger partial charge in [-0.15, -0.1) is 0 Å². The smallest absolute Gasteiger partial charge is 0.392 e. The Labute approximate surface area is 116 Å². The zero-order valence-electron chi connectivity index (χ0n) is 11.5. The Morgan fingerprint density at radius 2 is 1.75 bits per heavy atom. The van der Waals surface area contributed by atoms with Crippen molar-refractivity contribution in [3.05, 3.63) is 0 Å². The van der Waals surface area contributed by atoms with Crippen molar-refractivity contribution in [3.8, 4) is 0 Å². The Morgan fingerprint density at radius 3 is 2.30 bits per heavy atom. The van der Waals surface area contributed by atoms with Crippen molar-refractivity contribution in [2.24, 2.45) is 11.8 Å². The van der Waals surface area contributed by atoms with E-state index in [9.17, 15) is 23.1 Å². The molecule has 0 aromatic carbocycles. The molecule has 6 heteroatoms. The maximum atomic E-state index is 13.0. The Kier molecular flexibility index (Phi) is 4.62. The number of amides is 1. The standard InChI is InChI=1S/C14H22F3NO2/c15-14(16,17)11-6-2-1-5-10(11)12(20)18-13(9-19)7-3-4-8-13/h10-11,19H,1-9H2,(H,18,20). The van der Waals surface area contributed by atoms with Gasteiger partial charge >= 0.3 is 6.18 Å². The average Bonchev–Trinajstić information content (AvgIpc) is 2.87. The van der Waals surface area contributed by atoms with E-state index in [1.807, 2.05) is 0 Å². The molecule has 2 saturated carbocycles. The molecule has 2 unspecified atom stereocenters. The Balaban J connectivity index is 2.06. The molecule has 0 aliphatic heterocycles. The molecule has 1 amide bonds. The van der Waals surface area contributed by atoms with Crippen LogP contribution in [0.1, 0.15) is 51.4 Å². The monoisotopic (exact) mass is 293 g/mol. The predicted molar refractivity (Wildman–Crippen MR) is 67.9 cm³/mol. The van der Waals surface area contributed by atoms with Gasteiger partial charge in [0.25, 0.3) is 0 Å². The highest BCUT2D eigenvalue weighted by atomic mass is 19.4. The van der Waals surface area contributed by atoms with Crippen LogP contribution in [-0.4, -0.2) is 29.3 Å². The fourth-order valence-electron chi connectivity index (χ4n) is 3.56. The van der Waals surface area contributed by atoms with Crippen LogP contribution in [0.3, 0.4) is 0 Å². The van der Waals surface area contributed by atoms with Crippen LogP contribution < -0.4 is 5.32 Å². The lowest BCUT2D eigenvalue weighted by molar-refractivity contribution is -0.198. The summed E-state index contributed by atoms with van der Waals surface area (Å²) in [5.41, 5.74) is -0.690. The van der Waals surface area contributed by atoms with E-state index in [4.69, 9.17) is 0 Å². The van der Waals surface area contributed by atoms with Crippen molar-refractivity contribution in [2.75, 3.05) is 6.61 Å². The average molecular weight is 293 g/mol. The van der Waals surface area contributed by atoms with E-state index in [2.05, 4.69) is 5.32 Å². The molecule has 0 aromatic heterocycles. The van der Waals surface area contributed by atoms with Crippen molar-refractivity contribution in [2.45, 2.75) is 63.1 Å². The minimum Gasteiger partial charge on any atom is -0.394 e. The van der Waals surface area contributed by atoms with Gasteiger partial charge in [0.05, 0.1) is 18.1 Å². The summed E-state index contributed by atoms with van der Waals surface area (Å²) in [6, 6.07) is 0. The number of carbonyl (C=O) groups is 1. The molecule has 0 spiro atoms. The zero-order chi connectivity index (χ0) is 14.8. The summed E-state index contributed by atoms with van der Waals surface area (Å²) in [6.07, 6.45) is 0.297. The van der Waals surface area contributed by atoms with E-state index >= 15 is 0 Å². The van der Waals surface area contributed by atoms with E-state index in [-0.39, 0.29) is 19.4 Å². The van der Waals surface area contributed by atoms with Crippen molar-refractivity contribution >= 4 is 5.91 Å². The SMILES string of the molecule is O=C(NC1(CO)CCCC1)C1CCCCC1C(F)(F)F. The highest BCUT2D eigenvalue weighted by molar-refractivity contribution is 5.80. The largest absolute Gasteiger partial charge is 0.394 e. The predicted octanol–water partition coefficient (Wildman–Crippen LogP) is 2.78. The molecule has 0 heterocycles. The van der Waals surface area contributed by atoms with Crippen LogP contribution in [-0.2, 0) is 4.79 Å². The number of hydrogen-bond acceptors (Lipinski definition) is 2. The van der Waals surface area contributed by atoms with Gasteiger partial charge in [-0.25, -0.2) is 0 Å². The lowest BCUT2D eigenvalue weighted by Gasteiger charge is -2.35. The van der Waals surface area contributed by atoms with Crippen LogP contribution in [0.2, 0.25) is 0 Å². The topological polar surface area (TPSA) is 49.3 Å². The van der Waals surface area contributed by atoms with Gasteiger partial charge in [-0.1, -0.05) is 25.7 Å². The molecule has 2 fully saturated rings. The second-order valence-corrected chi connectivity index (χ2v) is 6.17. The van der Waals surface area contributed by atoms with E-state index in [1.54, 1.807) is 0 Å². The van der Waals surface area contributed by atoms with Gasteiger partial charge in [-0.05, 0) is 25.7 Å². The number of aliphatic hydroxyl groups is 1. The number of rotatable bonds is 3. The Morgan fingerprint density at radius 1 is 1.15 bits per heavy atom. The molecule has 2 aliphatic carbocycles. The first-order chi connectivity index (χ1) is 9.38. The van der Waals surface area contributed by atoms with Gasteiger partial charge in [-0.3, -0.25) is 4.79 Å². The quantitative estimate of drug-likeness (QED) is 0.840. The van der Waals surface area contributed by atoms with Crippen LogP contribution in [0, 0.1) is 11.8 Å². The first kappa shape index (κ1) is 15.6. The summed E-state index contributed by atoms with van der Waals surface area (Å²) in [5.74, 6) is -3.05. The zero-order valence-corrected chi connectivity index (χ0v) is 11.5. The lowest BCUT2D eigenvalue weighted by Crippen LogP contribution is -2.53. The molecule has 0 saturated heterocycles. The van der Waals surface area contributed by atoms with Crippen LogP contribution in [0.5, 0.6) is 0 Å². The third-order valence-corrected chi connectivity index (χ3v) is 4.77. The van der Waals surface area contributed by atoms with Gasteiger partial charge in [-0.2, -0.15) is 13.2 Å². The maximum Gasteiger partial charge on any atom is 0.392 e. The molecule has 2 rings (SSSR count). The Hall–Kier alpha value is -0.780. The van der Waals surface area contributed by atoms with E-state index in [0.717, 1.165) is 12.8 Å². The second kappa shape index (κ2) is 5.92. The highest BCUT2D eigenvalue weighted by Gasteiger charge is 2.49. The molecule has 2 atom stereocenters. The van der Waals surface area contributed by atoms with Crippen LogP contribution in [0.15, 0.2) is 0 Å². The van der Waals surface area contributed by atoms with Gasteiger partial charge in [0.15, 0.2) is 0 Å². The molecule has 116 valence electrons. The fourth-order valence-corrected chi connectivity index (χ4v) is 3.56. The first-order valence-corrected chi connectivity index (χ1v) is 7.38. The summed E-state index contributed by atoms with van der Waals surface area (Å²) >= 11 is 0. The van der Waals surface area contributed by atoms with Crippen molar-refractivity contribution < 1.29 is 23.1 Å². The number of aliphatic hydroxyl groups excluding tert-OH is 1. The third kappa shape index (κ3) is 3.27. The second-order valence-electron chi connectivity index (χ2n) is 6.17. The van der Waals surface area contributed by atoms with E-state index in [1.165, 1.54) is 0 Å². The van der Waals surface area contributed by atoms with Gasteiger partial charge < -0.3 is 10.4 Å². The molecule has 0 radical (unpaired) electrons. The van der Waals surface area contributed by atoms with Crippen LogP contribution >= 0.6 is 0 Å². The summed E-state index contributed by atoms with van der Waals surface area (Å²) in [5, 5.41) is 12.2. The summed E-state index contributed by atoms with van der Waals surface area (Å²) in [4.78, 5) is 12.3. The van der Waals surface area contributed by atoms with E-state index in [0.29, 0.717) is 25.7 Å². The number of alkyl halides is 3. The Bertz CT molecular complexity index is 351. The number of halogens is 3. The minimum absolute atomic E-state index is 0.0354. The van der Waals surface area contributed by atoms with Gasteiger partial charge in [0, 0.05) is 5.92 Å². The number of hydrogen-bond donors (Lipinski definition) is 2. The van der Waals surface area contributed by atoms with Gasteiger partial charge in [0.2, 0.25) is 5.91 Å². The van der Waals surface area contributed by atoms with Gasteiger partial charge in [0.1, 0.15) is 0 Å². The molecular weight excluding hydrogens is 271 g/mol. The normalized spacial score (nSPS) is 30.2. The maximum absolute atomic E-state index is 13.0. The van der Waals surface area contributed by atoms with E-state index < -0.39 is 29.5 Å². The molecule has 0 bridgehead atoms. The van der Waals surface area contributed by atoms with Crippen LogP contribution in [0.4, 0.5) is 13.2 Å². The summed E-state index contributed by atoms with van der Waals surface area (Å²) in [7, 11) is 0. The lowest BCUT2D eigenvalue weighted by atomic mass is 9.77. The molecular formula is C14H22F3NO2. The molecule has 3 nitrogen and oxygen atoms in total. The van der Waals surface area contributed by atoms with Crippen molar-refractivity contribution in [3.63, 3.8) is 0 Å². The number of nitrogens with one attached hydrogen (secondary N) is 1. The van der Waals surface area contributed by atoms with Crippen molar-refractivity contribution in [1.29, 1.82) is 0 Å². The number of carbonyl (C=O) groups excluding carboxylic acids is 1. The molecule has 2 aliphatic rings. The molecule has 20 heavy (non-hydrogen) atoms. The minimum atomic E-state index is -4.31. The summed E-state index contributed by atoms with van der Waals surface area (Å²) in [6.45, 7) is -0.192. The third-order valence-electron chi connectivity index (χ3n) is 4.77. The highest BCUT2D eigenvalue weighted by Crippen LogP contribution is 2.42. The fraction of sp³-hybridized carbons (Fsp3) is 0.929. The summed E-state index contributed by atoms with van der Waals surface area (Å²) < 4.78 is 39.0. The molecule has 0 aromatic rings.